The number of ether oxygens (including phenoxy) is 1. The van der Waals surface area contributed by atoms with Crippen molar-refractivity contribution in [2.45, 2.75) is 33.0 Å². The van der Waals surface area contributed by atoms with Crippen LogP contribution in [-0.2, 0) is 17.8 Å². The third-order valence-corrected chi connectivity index (χ3v) is 4.67. The van der Waals surface area contributed by atoms with Crippen molar-refractivity contribution in [3.63, 3.8) is 0 Å². The lowest BCUT2D eigenvalue weighted by atomic mass is 9.96. The van der Waals surface area contributed by atoms with Gasteiger partial charge in [0.05, 0.1) is 18.1 Å². The molecule has 0 saturated carbocycles. The molecule has 18 heavy (non-hydrogen) atoms. The van der Waals surface area contributed by atoms with Crippen LogP contribution in [0, 0.1) is 10.7 Å². The Morgan fingerprint density at radius 1 is 1.44 bits per heavy atom. The molecule has 0 fully saturated rings. The normalized spacial score (nSPS) is 19.4. The Balaban J connectivity index is 2.22. The van der Waals surface area contributed by atoms with E-state index in [-0.39, 0.29) is 11.7 Å². The molecule has 0 radical (unpaired) electrons. The molecule has 2 aromatic heterocycles. The van der Waals surface area contributed by atoms with Crippen LogP contribution in [0.4, 0.5) is 0 Å². The summed E-state index contributed by atoms with van der Waals surface area (Å²) in [6.45, 7) is 4.88. The Morgan fingerprint density at radius 2 is 2.22 bits per heavy atom. The topological polar surface area (TPSA) is 57.9 Å². The second kappa shape index (κ2) is 4.29. The lowest BCUT2D eigenvalue weighted by Gasteiger charge is -2.26. The van der Waals surface area contributed by atoms with Crippen LogP contribution >= 0.6 is 23.6 Å². The smallest absolute Gasteiger partial charge is 0.260 e. The Bertz CT molecular complexity index is 711. The Kier molecular flexibility index (Phi) is 2.88. The van der Waals surface area contributed by atoms with Gasteiger partial charge in [-0.3, -0.25) is 9.78 Å². The van der Waals surface area contributed by atoms with Crippen LogP contribution in [0.5, 0.6) is 0 Å². The van der Waals surface area contributed by atoms with E-state index in [1.54, 1.807) is 11.3 Å². The average Bonchev–Trinajstić information content (AvgIpc) is 2.65. The van der Waals surface area contributed by atoms with Crippen molar-refractivity contribution in [1.29, 1.82) is 0 Å². The molecule has 3 rings (SSSR count). The first-order valence-corrected chi connectivity index (χ1v) is 7.17. The highest BCUT2D eigenvalue weighted by Gasteiger charge is 2.26. The van der Waals surface area contributed by atoms with E-state index < -0.39 is 0 Å². The molecule has 0 amide bonds. The number of fused-ring (bicyclic) bond motifs is 3. The summed E-state index contributed by atoms with van der Waals surface area (Å²) in [5, 5.41) is 0.762. The molecule has 0 bridgehead atoms. The van der Waals surface area contributed by atoms with E-state index in [0.29, 0.717) is 17.3 Å². The summed E-state index contributed by atoms with van der Waals surface area (Å²) in [6, 6.07) is 0. The molecule has 0 aliphatic carbocycles. The molecular weight excluding hydrogens is 268 g/mol. The first-order chi connectivity index (χ1) is 8.56. The number of aromatic amines is 2. The maximum Gasteiger partial charge on any atom is 0.260 e. The van der Waals surface area contributed by atoms with Gasteiger partial charge >= 0.3 is 0 Å². The van der Waals surface area contributed by atoms with E-state index in [1.807, 2.05) is 0 Å². The fraction of sp³-hybridized carbons (Fsp3) is 0.500. The van der Waals surface area contributed by atoms with Gasteiger partial charge in [0.2, 0.25) is 0 Å². The van der Waals surface area contributed by atoms with E-state index in [0.717, 1.165) is 27.1 Å². The standard InChI is InChI=1S/C12H14N2O2S2/c1-5(2)7-3-6-8(4-16-7)18-11-9(6)10(15)13-12(17)14-11/h5,7H,3-4H2,1-2H3,(H2,13,14,15,17). The van der Waals surface area contributed by atoms with Crippen LogP contribution in [0.15, 0.2) is 4.79 Å². The maximum absolute atomic E-state index is 12.0. The fourth-order valence-corrected chi connectivity index (χ4v) is 3.76. The van der Waals surface area contributed by atoms with Gasteiger partial charge in [0, 0.05) is 11.3 Å². The minimum absolute atomic E-state index is 0.0874. The van der Waals surface area contributed by atoms with Gasteiger partial charge in [0.1, 0.15) is 4.83 Å². The van der Waals surface area contributed by atoms with Crippen molar-refractivity contribution in [3.8, 4) is 0 Å². The highest BCUT2D eigenvalue weighted by Crippen LogP contribution is 2.34. The SMILES string of the molecule is CC(C)C1Cc2c(sc3[nH]c(=S)[nH]c(=O)c23)CO1. The third kappa shape index (κ3) is 1.84. The third-order valence-electron chi connectivity index (χ3n) is 3.35. The molecule has 0 spiro atoms. The number of rotatable bonds is 1. The number of H-pyrrole nitrogens is 2. The molecule has 0 saturated heterocycles. The summed E-state index contributed by atoms with van der Waals surface area (Å²) < 4.78 is 6.21. The van der Waals surface area contributed by atoms with Crippen molar-refractivity contribution in [2.24, 2.45) is 5.92 Å². The van der Waals surface area contributed by atoms with Crippen molar-refractivity contribution in [3.05, 3.63) is 25.6 Å². The molecule has 1 aliphatic heterocycles. The lowest BCUT2D eigenvalue weighted by Crippen LogP contribution is -2.27. The number of thiophene rings is 1. The highest BCUT2D eigenvalue weighted by molar-refractivity contribution is 7.71. The van der Waals surface area contributed by atoms with Gasteiger partial charge in [-0.05, 0) is 23.7 Å². The summed E-state index contributed by atoms with van der Waals surface area (Å²) in [5.74, 6) is 0.453. The number of aromatic nitrogens is 2. The van der Waals surface area contributed by atoms with E-state index in [9.17, 15) is 4.79 Å². The van der Waals surface area contributed by atoms with Crippen LogP contribution in [0.1, 0.15) is 24.3 Å². The Morgan fingerprint density at radius 3 is 2.94 bits per heavy atom. The molecule has 96 valence electrons. The minimum Gasteiger partial charge on any atom is -0.372 e. The first-order valence-electron chi connectivity index (χ1n) is 5.94. The Labute approximate surface area is 113 Å². The van der Waals surface area contributed by atoms with E-state index >= 15 is 0 Å². The molecule has 3 heterocycles. The van der Waals surface area contributed by atoms with Gasteiger partial charge in [-0.15, -0.1) is 11.3 Å². The number of hydrogen-bond donors (Lipinski definition) is 2. The van der Waals surface area contributed by atoms with Gasteiger partial charge in [0.25, 0.3) is 5.56 Å². The van der Waals surface area contributed by atoms with Gasteiger partial charge in [-0.1, -0.05) is 13.8 Å². The zero-order chi connectivity index (χ0) is 12.9. The molecule has 6 heteroatoms. The fourth-order valence-electron chi connectivity index (χ4n) is 2.34. The molecule has 2 N–H and O–H groups in total. The molecule has 1 unspecified atom stereocenters. The number of nitrogens with one attached hydrogen (secondary N) is 2. The van der Waals surface area contributed by atoms with Crippen LogP contribution in [0.25, 0.3) is 10.2 Å². The molecule has 0 aromatic carbocycles. The zero-order valence-corrected chi connectivity index (χ0v) is 11.8. The van der Waals surface area contributed by atoms with Gasteiger partial charge < -0.3 is 9.72 Å². The second-order valence-corrected chi connectivity index (χ2v) is 6.43. The molecule has 1 aliphatic rings. The summed E-state index contributed by atoms with van der Waals surface area (Å²) in [4.78, 5) is 19.8. The van der Waals surface area contributed by atoms with Crippen LogP contribution in [0.2, 0.25) is 0 Å². The summed E-state index contributed by atoms with van der Waals surface area (Å²) in [5.41, 5.74) is 1.04. The van der Waals surface area contributed by atoms with E-state index in [1.165, 1.54) is 0 Å². The predicted molar refractivity (Wildman–Crippen MR) is 74.7 cm³/mol. The molecule has 1 atom stereocenters. The molecule has 4 nitrogen and oxygen atoms in total. The van der Waals surface area contributed by atoms with Crippen molar-refractivity contribution < 1.29 is 4.74 Å². The summed E-state index contributed by atoms with van der Waals surface area (Å²) >= 11 is 6.57. The largest absolute Gasteiger partial charge is 0.372 e. The predicted octanol–water partition coefficient (Wildman–Crippen LogP) is 2.74. The lowest BCUT2D eigenvalue weighted by molar-refractivity contribution is 0.00201. The van der Waals surface area contributed by atoms with E-state index in [2.05, 4.69) is 23.8 Å². The molecule has 2 aromatic rings. The first kappa shape index (κ1) is 12.1. The molecular formula is C12H14N2O2S2. The minimum atomic E-state index is -0.0874. The quantitative estimate of drug-likeness (QED) is 0.791. The van der Waals surface area contributed by atoms with Crippen LogP contribution in [-0.4, -0.2) is 16.1 Å². The average molecular weight is 282 g/mol. The van der Waals surface area contributed by atoms with Crippen molar-refractivity contribution in [2.75, 3.05) is 0 Å². The maximum atomic E-state index is 12.0. The van der Waals surface area contributed by atoms with Crippen LogP contribution in [0.3, 0.4) is 0 Å². The number of hydrogen-bond acceptors (Lipinski definition) is 4. The van der Waals surface area contributed by atoms with Gasteiger partial charge in [0.15, 0.2) is 4.77 Å². The zero-order valence-electron chi connectivity index (χ0n) is 10.2. The van der Waals surface area contributed by atoms with E-state index in [4.69, 9.17) is 17.0 Å². The Hall–Kier alpha value is -0.980. The van der Waals surface area contributed by atoms with Crippen molar-refractivity contribution >= 4 is 33.8 Å². The summed E-state index contributed by atoms with van der Waals surface area (Å²) in [7, 11) is 0. The monoisotopic (exact) mass is 282 g/mol. The summed E-state index contributed by atoms with van der Waals surface area (Å²) in [6.07, 6.45) is 0.999. The second-order valence-electron chi connectivity index (χ2n) is 4.91. The van der Waals surface area contributed by atoms with Gasteiger partial charge in [-0.2, -0.15) is 0 Å². The van der Waals surface area contributed by atoms with Gasteiger partial charge in [-0.25, -0.2) is 0 Å². The van der Waals surface area contributed by atoms with Crippen LogP contribution < -0.4 is 5.56 Å². The van der Waals surface area contributed by atoms with Crippen molar-refractivity contribution in [1.82, 2.24) is 9.97 Å². The highest BCUT2D eigenvalue weighted by atomic mass is 32.1.